The van der Waals surface area contributed by atoms with E-state index in [-0.39, 0.29) is 5.78 Å². The Kier molecular flexibility index (Phi) is 8.97. The van der Waals surface area contributed by atoms with E-state index in [0.717, 1.165) is 25.0 Å². The number of nitrogens with one attached hydrogen (secondary N) is 1. The number of ketones is 1. The molecule has 0 saturated carbocycles. The number of rotatable bonds is 9. The molecule has 0 heterocycles. The smallest absolute Gasteiger partial charge is 0.157 e. The molecule has 0 amide bonds. The molecule has 1 atom stereocenters. The van der Waals surface area contributed by atoms with Gasteiger partial charge in [-0.1, -0.05) is 33.6 Å². The van der Waals surface area contributed by atoms with Crippen LogP contribution in [-0.2, 0) is 4.79 Å². The van der Waals surface area contributed by atoms with Gasteiger partial charge in [-0.15, -0.1) is 0 Å². The van der Waals surface area contributed by atoms with Crippen LogP contribution in [0.4, 0.5) is 0 Å². The van der Waals surface area contributed by atoms with E-state index >= 15 is 0 Å². The van der Waals surface area contributed by atoms with Gasteiger partial charge in [0.15, 0.2) is 5.78 Å². The molecular formula is C14H27NO. The van der Waals surface area contributed by atoms with Crippen LogP contribution in [0.5, 0.6) is 0 Å². The molecule has 0 fully saturated rings. The zero-order valence-electron chi connectivity index (χ0n) is 11.3. The van der Waals surface area contributed by atoms with Gasteiger partial charge < -0.3 is 5.32 Å². The molecule has 1 N–H and O–H groups in total. The van der Waals surface area contributed by atoms with Crippen LogP contribution in [0.1, 0.15) is 66.2 Å². The summed E-state index contributed by atoms with van der Waals surface area (Å²) in [5.41, 5.74) is 1.12. The highest BCUT2D eigenvalue weighted by Crippen LogP contribution is 2.08. The van der Waals surface area contributed by atoms with Crippen molar-refractivity contribution in [1.82, 2.24) is 5.32 Å². The van der Waals surface area contributed by atoms with E-state index in [1.165, 1.54) is 12.8 Å². The van der Waals surface area contributed by atoms with Gasteiger partial charge in [0.2, 0.25) is 0 Å². The first kappa shape index (κ1) is 15.2. The second-order valence-corrected chi connectivity index (χ2v) is 4.43. The topological polar surface area (TPSA) is 29.1 Å². The third-order valence-electron chi connectivity index (χ3n) is 2.64. The van der Waals surface area contributed by atoms with Crippen molar-refractivity contribution in [2.24, 2.45) is 0 Å². The van der Waals surface area contributed by atoms with Crippen LogP contribution in [0, 0.1) is 0 Å². The second kappa shape index (κ2) is 9.44. The summed E-state index contributed by atoms with van der Waals surface area (Å²) in [5.74, 6) is 0.224. The fourth-order valence-corrected chi connectivity index (χ4v) is 1.67. The molecule has 0 aliphatic rings. The van der Waals surface area contributed by atoms with Crippen molar-refractivity contribution in [3.05, 3.63) is 11.8 Å². The van der Waals surface area contributed by atoms with E-state index in [1.54, 1.807) is 6.08 Å². The Balaban J connectivity index is 4.30. The van der Waals surface area contributed by atoms with Gasteiger partial charge in [-0.2, -0.15) is 0 Å². The van der Waals surface area contributed by atoms with E-state index in [2.05, 4.69) is 26.1 Å². The minimum absolute atomic E-state index is 0.224. The minimum atomic E-state index is 0.224. The number of carbonyl (C=O) groups is 1. The highest BCUT2D eigenvalue weighted by Gasteiger charge is 2.04. The standard InChI is InChI=1S/C14H27NO/c1-5-8-10-13(11-14(16)7-3)15-12(4)9-6-2/h11-12,15H,5-10H2,1-4H3/b13-11-. The number of allylic oxidation sites excluding steroid dienone is 2. The highest BCUT2D eigenvalue weighted by molar-refractivity contribution is 5.89. The Labute approximate surface area is 101 Å². The molecule has 0 aliphatic heterocycles. The SMILES string of the molecule is CCCC/C(=C/C(=O)CC)NC(C)CCC. The first-order valence-electron chi connectivity index (χ1n) is 6.63. The van der Waals surface area contributed by atoms with E-state index in [1.807, 2.05) is 6.92 Å². The zero-order chi connectivity index (χ0) is 12.4. The van der Waals surface area contributed by atoms with Crippen molar-refractivity contribution in [3.63, 3.8) is 0 Å². The van der Waals surface area contributed by atoms with Crippen LogP contribution in [0.15, 0.2) is 11.8 Å². The van der Waals surface area contributed by atoms with Crippen LogP contribution < -0.4 is 5.32 Å². The summed E-state index contributed by atoms with van der Waals surface area (Å²) in [6, 6.07) is 0.470. The van der Waals surface area contributed by atoms with Gasteiger partial charge in [0.25, 0.3) is 0 Å². The summed E-state index contributed by atoms with van der Waals surface area (Å²) in [5, 5.41) is 3.46. The van der Waals surface area contributed by atoms with Crippen molar-refractivity contribution < 1.29 is 4.79 Å². The summed E-state index contributed by atoms with van der Waals surface area (Å²) in [6.07, 6.45) is 8.04. The van der Waals surface area contributed by atoms with Crippen molar-refractivity contribution in [2.75, 3.05) is 0 Å². The molecule has 0 aliphatic carbocycles. The van der Waals surface area contributed by atoms with E-state index in [0.29, 0.717) is 12.5 Å². The highest BCUT2D eigenvalue weighted by atomic mass is 16.1. The first-order valence-corrected chi connectivity index (χ1v) is 6.63. The molecule has 0 aromatic carbocycles. The van der Waals surface area contributed by atoms with Crippen molar-refractivity contribution >= 4 is 5.78 Å². The monoisotopic (exact) mass is 225 g/mol. The first-order chi connectivity index (χ1) is 7.63. The average molecular weight is 225 g/mol. The molecule has 0 radical (unpaired) electrons. The van der Waals surface area contributed by atoms with Gasteiger partial charge in [-0.3, -0.25) is 4.79 Å². The van der Waals surface area contributed by atoms with Crippen LogP contribution in [-0.4, -0.2) is 11.8 Å². The van der Waals surface area contributed by atoms with Gasteiger partial charge in [0.05, 0.1) is 0 Å². The summed E-state index contributed by atoms with van der Waals surface area (Å²) in [4.78, 5) is 11.4. The molecule has 0 saturated heterocycles. The Bertz CT molecular complexity index is 221. The zero-order valence-corrected chi connectivity index (χ0v) is 11.3. The molecule has 2 nitrogen and oxygen atoms in total. The summed E-state index contributed by atoms with van der Waals surface area (Å²) < 4.78 is 0. The lowest BCUT2D eigenvalue weighted by Crippen LogP contribution is -2.25. The normalized spacial score (nSPS) is 13.6. The van der Waals surface area contributed by atoms with Crippen LogP contribution in [0.2, 0.25) is 0 Å². The molecule has 0 aromatic heterocycles. The molecule has 1 unspecified atom stereocenters. The summed E-state index contributed by atoms with van der Waals surface area (Å²) in [6.45, 7) is 8.45. The van der Waals surface area contributed by atoms with E-state index in [4.69, 9.17) is 0 Å². The molecular weight excluding hydrogens is 198 g/mol. The van der Waals surface area contributed by atoms with Crippen molar-refractivity contribution in [2.45, 2.75) is 72.3 Å². The molecule has 0 spiro atoms. The maximum atomic E-state index is 11.4. The predicted octanol–water partition coefficient (Wildman–Crippen LogP) is 3.82. The molecule has 0 aromatic rings. The van der Waals surface area contributed by atoms with Gasteiger partial charge in [0.1, 0.15) is 0 Å². The molecule has 2 heteroatoms. The molecule has 16 heavy (non-hydrogen) atoms. The summed E-state index contributed by atoms with van der Waals surface area (Å²) in [7, 11) is 0. The van der Waals surface area contributed by atoms with Gasteiger partial charge in [-0.25, -0.2) is 0 Å². The Morgan fingerprint density at radius 2 is 1.94 bits per heavy atom. The molecule has 0 rings (SSSR count). The quantitative estimate of drug-likeness (QED) is 0.604. The molecule has 0 bridgehead atoms. The second-order valence-electron chi connectivity index (χ2n) is 4.43. The number of carbonyl (C=O) groups excluding carboxylic acids is 1. The lowest BCUT2D eigenvalue weighted by Gasteiger charge is -2.17. The van der Waals surface area contributed by atoms with Crippen LogP contribution >= 0.6 is 0 Å². The lowest BCUT2D eigenvalue weighted by atomic mass is 10.1. The van der Waals surface area contributed by atoms with Gasteiger partial charge in [0, 0.05) is 24.2 Å². The van der Waals surface area contributed by atoms with Crippen molar-refractivity contribution in [3.8, 4) is 0 Å². The number of hydrogen-bond acceptors (Lipinski definition) is 2. The molecule has 94 valence electrons. The lowest BCUT2D eigenvalue weighted by molar-refractivity contribution is -0.114. The Hall–Kier alpha value is -0.790. The van der Waals surface area contributed by atoms with Gasteiger partial charge >= 0.3 is 0 Å². The minimum Gasteiger partial charge on any atom is -0.386 e. The Morgan fingerprint density at radius 1 is 1.25 bits per heavy atom. The van der Waals surface area contributed by atoms with Crippen LogP contribution in [0.3, 0.4) is 0 Å². The number of hydrogen-bond donors (Lipinski definition) is 1. The third-order valence-corrected chi connectivity index (χ3v) is 2.64. The maximum absolute atomic E-state index is 11.4. The maximum Gasteiger partial charge on any atom is 0.157 e. The fourth-order valence-electron chi connectivity index (χ4n) is 1.67. The predicted molar refractivity (Wildman–Crippen MR) is 70.4 cm³/mol. The van der Waals surface area contributed by atoms with E-state index < -0.39 is 0 Å². The number of unbranched alkanes of at least 4 members (excludes halogenated alkanes) is 1. The van der Waals surface area contributed by atoms with Crippen LogP contribution in [0.25, 0.3) is 0 Å². The summed E-state index contributed by atoms with van der Waals surface area (Å²) >= 11 is 0. The van der Waals surface area contributed by atoms with Crippen molar-refractivity contribution in [1.29, 1.82) is 0 Å². The average Bonchev–Trinajstić information content (AvgIpc) is 2.26. The third kappa shape index (κ3) is 7.49. The largest absolute Gasteiger partial charge is 0.386 e. The Morgan fingerprint density at radius 3 is 2.44 bits per heavy atom. The fraction of sp³-hybridized carbons (Fsp3) is 0.786. The van der Waals surface area contributed by atoms with Gasteiger partial charge in [-0.05, 0) is 26.2 Å². The van der Waals surface area contributed by atoms with E-state index in [9.17, 15) is 4.79 Å².